The fraction of sp³-hybridized carbons (Fsp3) is 0.176. The maximum absolute atomic E-state index is 12.1. The van der Waals surface area contributed by atoms with Gasteiger partial charge >= 0.3 is 0 Å². The normalized spacial score (nSPS) is 11.8. The number of hydrazone groups is 1. The van der Waals surface area contributed by atoms with E-state index in [-0.39, 0.29) is 10.6 Å². The predicted molar refractivity (Wildman–Crippen MR) is 99.7 cm³/mol. The molecular formula is C17H18N4O5S. The van der Waals surface area contributed by atoms with Crippen LogP contribution in [0.15, 0.2) is 64.6 Å². The lowest BCUT2D eigenvalue weighted by Gasteiger charge is -2.06. The second kappa shape index (κ2) is 9.01. The second-order valence-corrected chi connectivity index (χ2v) is 7.39. The van der Waals surface area contributed by atoms with Crippen molar-refractivity contribution in [3.05, 3.63) is 70.3 Å². The molecule has 2 N–H and O–H groups in total. The number of nitro groups is 1. The molecule has 0 spiro atoms. The third kappa shape index (κ3) is 6.28. The highest BCUT2D eigenvalue weighted by atomic mass is 32.2. The summed E-state index contributed by atoms with van der Waals surface area (Å²) in [6, 6.07) is 13.9. The van der Waals surface area contributed by atoms with Gasteiger partial charge in [-0.25, -0.2) is 18.6 Å². The number of hydrogen-bond donors (Lipinski definition) is 2. The third-order valence-corrected chi connectivity index (χ3v) is 4.87. The molecule has 0 aliphatic heterocycles. The van der Waals surface area contributed by atoms with Crippen LogP contribution in [-0.4, -0.2) is 31.5 Å². The zero-order chi connectivity index (χ0) is 19.9. The Morgan fingerprint density at radius 2 is 1.74 bits per heavy atom. The lowest BCUT2D eigenvalue weighted by molar-refractivity contribution is -0.384. The minimum atomic E-state index is -3.97. The Morgan fingerprint density at radius 3 is 2.33 bits per heavy atom. The number of benzene rings is 2. The molecule has 2 rings (SSSR count). The number of nitro benzene ring substituents is 1. The van der Waals surface area contributed by atoms with Gasteiger partial charge in [-0.3, -0.25) is 14.9 Å². The van der Waals surface area contributed by atoms with E-state index >= 15 is 0 Å². The van der Waals surface area contributed by atoms with Crippen LogP contribution in [-0.2, 0) is 21.2 Å². The maximum Gasteiger partial charge on any atom is 0.269 e. The highest BCUT2D eigenvalue weighted by Crippen LogP contribution is 2.15. The van der Waals surface area contributed by atoms with Crippen LogP contribution >= 0.6 is 0 Å². The number of rotatable bonds is 8. The molecular weight excluding hydrogens is 372 g/mol. The van der Waals surface area contributed by atoms with Crippen LogP contribution in [0.2, 0.25) is 0 Å². The summed E-state index contributed by atoms with van der Waals surface area (Å²) in [5.41, 5.74) is 3.75. The van der Waals surface area contributed by atoms with Gasteiger partial charge in [0, 0.05) is 24.3 Å². The molecule has 0 saturated carbocycles. The van der Waals surface area contributed by atoms with Gasteiger partial charge < -0.3 is 0 Å². The van der Waals surface area contributed by atoms with Crippen molar-refractivity contribution in [3.63, 3.8) is 0 Å². The predicted octanol–water partition coefficient (Wildman–Crippen LogP) is 1.61. The first-order chi connectivity index (χ1) is 12.8. The van der Waals surface area contributed by atoms with Crippen molar-refractivity contribution < 1.29 is 18.1 Å². The number of sulfonamides is 1. The Hall–Kier alpha value is -3.11. The van der Waals surface area contributed by atoms with Crippen molar-refractivity contribution in [3.8, 4) is 0 Å². The van der Waals surface area contributed by atoms with Gasteiger partial charge in [0.1, 0.15) is 0 Å². The molecule has 9 nitrogen and oxygen atoms in total. The van der Waals surface area contributed by atoms with Crippen molar-refractivity contribution in [1.82, 2.24) is 10.1 Å². The molecule has 2 aromatic carbocycles. The first-order valence-electron chi connectivity index (χ1n) is 7.88. The van der Waals surface area contributed by atoms with E-state index in [0.717, 1.165) is 29.8 Å². The van der Waals surface area contributed by atoms with Gasteiger partial charge in [-0.15, -0.1) is 0 Å². The SMILES string of the molecule is CC(Cc1ccccc1)=NNC(=O)CNS(=O)(=O)c1ccc([N+](=O)[O-])cc1. The molecule has 0 aromatic heterocycles. The second-order valence-electron chi connectivity index (χ2n) is 5.62. The van der Waals surface area contributed by atoms with Crippen molar-refractivity contribution >= 4 is 27.3 Å². The van der Waals surface area contributed by atoms with E-state index in [1.54, 1.807) is 6.92 Å². The number of amides is 1. The summed E-state index contributed by atoms with van der Waals surface area (Å²) in [4.78, 5) is 21.6. The van der Waals surface area contributed by atoms with Crippen LogP contribution in [0.3, 0.4) is 0 Å². The highest BCUT2D eigenvalue weighted by molar-refractivity contribution is 7.89. The van der Waals surface area contributed by atoms with Crippen LogP contribution in [0.1, 0.15) is 12.5 Å². The van der Waals surface area contributed by atoms with Gasteiger partial charge in [-0.2, -0.15) is 5.10 Å². The summed E-state index contributed by atoms with van der Waals surface area (Å²) in [6.07, 6.45) is 0.551. The van der Waals surface area contributed by atoms with Crippen LogP contribution in [0, 0.1) is 10.1 Å². The largest absolute Gasteiger partial charge is 0.272 e. The molecule has 142 valence electrons. The average molecular weight is 390 g/mol. The fourth-order valence-electron chi connectivity index (χ4n) is 2.12. The van der Waals surface area contributed by atoms with Crippen LogP contribution in [0.5, 0.6) is 0 Å². The molecule has 0 radical (unpaired) electrons. The number of hydrogen-bond acceptors (Lipinski definition) is 6. The molecule has 0 fully saturated rings. The van der Waals surface area contributed by atoms with Crippen molar-refractivity contribution in [2.45, 2.75) is 18.2 Å². The highest BCUT2D eigenvalue weighted by Gasteiger charge is 2.17. The molecule has 0 saturated heterocycles. The first kappa shape index (κ1) is 20.2. The summed E-state index contributed by atoms with van der Waals surface area (Å²) < 4.78 is 26.3. The molecule has 0 heterocycles. The van der Waals surface area contributed by atoms with Crippen molar-refractivity contribution in [2.75, 3.05) is 6.54 Å². The zero-order valence-electron chi connectivity index (χ0n) is 14.5. The minimum Gasteiger partial charge on any atom is -0.272 e. The summed E-state index contributed by atoms with van der Waals surface area (Å²) in [5, 5.41) is 14.5. The van der Waals surface area contributed by atoms with Crippen LogP contribution in [0.25, 0.3) is 0 Å². The summed E-state index contributed by atoms with van der Waals surface area (Å²) in [5.74, 6) is -0.632. The lowest BCUT2D eigenvalue weighted by atomic mass is 10.1. The van der Waals surface area contributed by atoms with Gasteiger partial charge in [0.2, 0.25) is 10.0 Å². The molecule has 10 heteroatoms. The smallest absolute Gasteiger partial charge is 0.269 e. The minimum absolute atomic E-state index is 0.176. The molecule has 0 bridgehead atoms. The van der Waals surface area contributed by atoms with Gasteiger partial charge in [0.25, 0.3) is 11.6 Å². The van der Waals surface area contributed by atoms with Gasteiger partial charge in [0.05, 0.1) is 16.4 Å². The van der Waals surface area contributed by atoms with E-state index in [9.17, 15) is 23.3 Å². The molecule has 0 aliphatic carbocycles. The summed E-state index contributed by atoms with van der Waals surface area (Å²) in [6.45, 7) is 1.23. The van der Waals surface area contributed by atoms with E-state index in [1.165, 1.54) is 0 Å². The number of non-ortho nitro benzene ring substituents is 1. The third-order valence-electron chi connectivity index (χ3n) is 3.45. The van der Waals surface area contributed by atoms with Gasteiger partial charge in [0.15, 0.2) is 0 Å². The number of carbonyl (C=O) groups excluding carboxylic acids is 1. The molecule has 0 atom stereocenters. The number of nitrogens with zero attached hydrogens (tertiary/aromatic N) is 2. The fourth-order valence-corrected chi connectivity index (χ4v) is 3.10. The monoisotopic (exact) mass is 390 g/mol. The van der Waals surface area contributed by atoms with Crippen molar-refractivity contribution in [2.24, 2.45) is 5.10 Å². The standard InChI is InChI=1S/C17H18N4O5S/c1-13(11-14-5-3-2-4-6-14)19-20-17(22)12-18-27(25,26)16-9-7-15(8-10-16)21(23)24/h2-10,18H,11-12H2,1H3,(H,20,22). The van der Waals surface area contributed by atoms with Gasteiger partial charge in [-0.1, -0.05) is 30.3 Å². The Balaban J connectivity index is 1.88. The summed E-state index contributed by atoms with van der Waals surface area (Å²) in [7, 11) is -3.97. The van der Waals surface area contributed by atoms with Crippen molar-refractivity contribution in [1.29, 1.82) is 0 Å². The Morgan fingerprint density at radius 1 is 1.11 bits per heavy atom. The van der Waals surface area contributed by atoms with E-state index in [0.29, 0.717) is 12.1 Å². The Labute approximate surface area is 156 Å². The molecule has 1 amide bonds. The van der Waals surface area contributed by atoms with Crippen LogP contribution in [0.4, 0.5) is 5.69 Å². The van der Waals surface area contributed by atoms with Crippen LogP contribution < -0.4 is 10.1 Å². The van der Waals surface area contributed by atoms with E-state index in [4.69, 9.17) is 0 Å². The number of nitrogens with one attached hydrogen (secondary N) is 2. The van der Waals surface area contributed by atoms with E-state index in [2.05, 4.69) is 15.2 Å². The van der Waals surface area contributed by atoms with E-state index < -0.39 is 27.4 Å². The van der Waals surface area contributed by atoms with Gasteiger partial charge in [-0.05, 0) is 24.6 Å². The van der Waals surface area contributed by atoms with E-state index in [1.807, 2.05) is 30.3 Å². The molecule has 0 unspecified atom stereocenters. The zero-order valence-corrected chi connectivity index (χ0v) is 15.3. The lowest BCUT2D eigenvalue weighted by Crippen LogP contribution is -2.35. The molecule has 27 heavy (non-hydrogen) atoms. The molecule has 0 aliphatic rings. The molecule has 2 aromatic rings. The first-order valence-corrected chi connectivity index (χ1v) is 9.36. The topological polar surface area (TPSA) is 131 Å². The number of carbonyl (C=O) groups is 1. The maximum atomic E-state index is 12.1. The quantitative estimate of drug-likeness (QED) is 0.402. The Kier molecular flexibility index (Phi) is 6.74. The average Bonchev–Trinajstić information content (AvgIpc) is 2.65. The summed E-state index contributed by atoms with van der Waals surface area (Å²) >= 11 is 0. The Bertz CT molecular complexity index is 941.